The van der Waals surface area contributed by atoms with E-state index in [9.17, 15) is 4.79 Å². The Morgan fingerprint density at radius 3 is 2.25 bits per heavy atom. The monoisotopic (exact) mass is 114 g/mol. The van der Waals surface area contributed by atoms with Crippen molar-refractivity contribution < 1.29 is 4.79 Å². The molecular formula is C5H10N2O. The van der Waals surface area contributed by atoms with Gasteiger partial charge in [-0.05, 0) is 6.92 Å². The van der Waals surface area contributed by atoms with Crippen LogP contribution in [0.15, 0.2) is 0 Å². The second-order valence-electron chi connectivity index (χ2n) is 2.27. The lowest BCUT2D eigenvalue weighted by Crippen LogP contribution is -2.61. The molecule has 0 aliphatic carbocycles. The van der Waals surface area contributed by atoms with Crippen molar-refractivity contribution in [3.05, 3.63) is 0 Å². The normalized spacial score (nSPS) is 37.4. The third-order valence-corrected chi connectivity index (χ3v) is 1.81. The molecule has 2 atom stereocenters. The third-order valence-electron chi connectivity index (χ3n) is 1.81. The minimum atomic E-state index is 0.0532. The standard InChI is InChI=1S/C5H10N2O/c1-3-4(2)7(6)5(3)8/h3-4H,6H2,1-2H3/t3-,4-/m1/s1. The first-order valence-corrected chi connectivity index (χ1v) is 2.72. The first kappa shape index (κ1) is 5.56. The van der Waals surface area contributed by atoms with E-state index in [1.165, 1.54) is 5.01 Å². The van der Waals surface area contributed by atoms with Crippen LogP contribution in [0, 0.1) is 5.92 Å². The second kappa shape index (κ2) is 1.45. The van der Waals surface area contributed by atoms with Crippen molar-refractivity contribution >= 4 is 5.91 Å². The number of hydrazine groups is 1. The van der Waals surface area contributed by atoms with E-state index < -0.39 is 0 Å². The van der Waals surface area contributed by atoms with Crippen molar-refractivity contribution in [3.63, 3.8) is 0 Å². The summed E-state index contributed by atoms with van der Waals surface area (Å²) in [5.74, 6) is 5.43. The largest absolute Gasteiger partial charge is 0.277 e. The summed E-state index contributed by atoms with van der Waals surface area (Å²) < 4.78 is 0. The van der Waals surface area contributed by atoms with E-state index in [1.54, 1.807) is 0 Å². The van der Waals surface area contributed by atoms with E-state index in [4.69, 9.17) is 5.84 Å². The topological polar surface area (TPSA) is 46.3 Å². The predicted molar refractivity (Wildman–Crippen MR) is 29.7 cm³/mol. The van der Waals surface area contributed by atoms with Crippen LogP contribution in [-0.2, 0) is 4.79 Å². The van der Waals surface area contributed by atoms with Gasteiger partial charge < -0.3 is 0 Å². The van der Waals surface area contributed by atoms with Crippen molar-refractivity contribution in [2.24, 2.45) is 11.8 Å². The molecular weight excluding hydrogens is 104 g/mol. The van der Waals surface area contributed by atoms with Gasteiger partial charge in [0.25, 0.3) is 0 Å². The number of carbonyl (C=O) groups excluding carboxylic acids is 1. The quantitative estimate of drug-likeness (QED) is 0.267. The number of carbonyl (C=O) groups is 1. The summed E-state index contributed by atoms with van der Waals surface area (Å²) in [5.41, 5.74) is 0. The van der Waals surface area contributed by atoms with E-state index in [0.717, 1.165) is 0 Å². The smallest absolute Gasteiger partial charge is 0.241 e. The highest BCUT2D eigenvalue weighted by Gasteiger charge is 2.38. The second-order valence-corrected chi connectivity index (χ2v) is 2.27. The van der Waals surface area contributed by atoms with Crippen molar-refractivity contribution in [2.45, 2.75) is 19.9 Å². The van der Waals surface area contributed by atoms with Crippen molar-refractivity contribution in [2.75, 3.05) is 0 Å². The average molecular weight is 114 g/mol. The lowest BCUT2D eigenvalue weighted by atomic mass is 9.93. The summed E-state index contributed by atoms with van der Waals surface area (Å²) in [5, 5.41) is 1.27. The molecule has 1 aliphatic heterocycles. The number of rotatable bonds is 0. The van der Waals surface area contributed by atoms with E-state index in [-0.39, 0.29) is 17.9 Å². The van der Waals surface area contributed by atoms with Gasteiger partial charge in [0.15, 0.2) is 0 Å². The van der Waals surface area contributed by atoms with Crippen LogP contribution in [0.3, 0.4) is 0 Å². The molecule has 0 aromatic heterocycles. The number of nitrogens with zero attached hydrogens (tertiary/aromatic N) is 1. The Kier molecular flexibility index (Phi) is 1.01. The summed E-state index contributed by atoms with van der Waals surface area (Å²) in [7, 11) is 0. The molecule has 3 heteroatoms. The summed E-state index contributed by atoms with van der Waals surface area (Å²) in [4.78, 5) is 10.6. The molecule has 1 heterocycles. The fourth-order valence-corrected chi connectivity index (χ4v) is 0.801. The van der Waals surface area contributed by atoms with Crippen LogP contribution in [0.1, 0.15) is 13.8 Å². The summed E-state index contributed by atoms with van der Waals surface area (Å²) >= 11 is 0. The molecule has 1 saturated heterocycles. The van der Waals surface area contributed by atoms with Gasteiger partial charge in [0.1, 0.15) is 0 Å². The van der Waals surface area contributed by atoms with Gasteiger partial charge in [-0.1, -0.05) is 6.92 Å². The number of amides is 1. The van der Waals surface area contributed by atoms with Gasteiger partial charge in [0.2, 0.25) is 5.91 Å². The Morgan fingerprint density at radius 1 is 1.62 bits per heavy atom. The Bertz CT molecular complexity index is 112. The molecule has 0 unspecified atom stereocenters. The highest BCUT2D eigenvalue weighted by atomic mass is 16.2. The molecule has 3 nitrogen and oxygen atoms in total. The van der Waals surface area contributed by atoms with E-state index >= 15 is 0 Å². The van der Waals surface area contributed by atoms with Crippen LogP contribution in [-0.4, -0.2) is 17.0 Å². The Morgan fingerprint density at radius 2 is 2.12 bits per heavy atom. The van der Waals surface area contributed by atoms with Crippen molar-refractivity contribution in [1.29, 1.82) is 0 Å². The number of nitrogens with two attached hydrogens (primary N) is 1. The van der Waals surface area contributed by atoms with Gasteiger partial charge in [0, 0.05) is 0 Å². The molecule has 0 aromatic rings. The third kappa shape index (κ3) is 0.448. The molecule has 1 aliphatic rings. The Labute approximate surface area is 48.4 Å². The van der Waals surface area contributed by atoms with Gasteiger partial charge in [-0.25, -0.2) is 5.84 Å². The van der Waals surface area contributed by atoms with Gasteiger partial charge >= 0.3 is 0 Å². The number of hydrogen-bond donors (Lipinski definition) is 1. The van der Waals surface area contributed by atoms with Crippen molar-refractivity contribution in [3.8, 4) is 0 Å². The van der Waals surface area contributed by atoms with Crippen LogP contribution < -0.4 is 5.84 Å². The van der Waals surface area contributed by atoms with Crippen LogP contribution in [0.4, 0.5) is 0 Å². The predicted octanol–water partition coefficient (Wildman–Crippen LogP) is -0.273. The minimum absolute atomic E-state index is 0.0532. The summed E-state index contributed by atoms with van der Waals surface area (Å²) in [6.07, 6.45) is 0. The fourth-order valence-electron chi connectivity index (χ4n) is 0.801. The van der Waals surface area contributed by atoms with Crippen LogP contribution >= 0.6 is 0 Å². The highest BCUT2D eigenvalue weighted by molar-refractivity contribution is 5.84. The summed E-state index contributed by atoms with van der Waals surface area (Å²) in [6.45, 7) is 3.82. The molecule has 0 aromatic carbocycles. The molecule has 1 rings (SSSR count). The molecule has 8 heavy (non-hydrogen) atoms. The zero-order valence-electron chi connectivity index (χ0n) is 5.09. The first-order valence-electron chi connectivity index (χ1n) is 2.72. The van der Waals surface area contributed by atoms with Gasteiger partial charge in [-0.3, -0.25) is 9.80 Å². The molecule has 2 N–H and O–H groups in total. The van der Waals surface area contributed by atoms with Gasteiger partial charge in [-0.15, -0.1) is 0 Å². The van der Waals surface area contributed by atoms with E-state index in [0.29, 0.717) is 0 Å². The number of hydrogen-bond acceptors (Lipinski definition) is 2. The molecule has 0 radical (unpaired) electrons. The molecule has 1 fully saturated rings. The lowest BCUT2D eigenvalue weighted by molar-refractivity contribution is -0.154. The van der Waals surface area contributed by atoms with Crippen molar-refractivity contribution in [1.82, 2.24) is 5.01 Å². The maximum atomic E-state index is 10.6. The molecule has 0 spiro atoms. The first-order chi connectivity index (χ1) is 3.64. The maximum absolute atomic E-state index is 10.6. The van der Waals surface area contributed by atoms with Crippen LogP contribution in [0.2, 0.25) is 0 Å². The summed E-state index contributed by atoms with van der Waals surface area (Å²) in [6, 6.07) is 0.238. The Balaban J connectivity index is 2.55. The van der Waals surface area contributed by atoms with Gasteiger partial charge in [-0.2, -0.15) is 0 Å². The molecule has 1 amide bonds. The Hall–Kier alpha value is -0.570. The molecule has 0 saturated carbocycles. The molecule has 0 bridgehead atoms. The minimum Gasteiger partial charge on any atom is -0.277 e. The fraction of sp³-hybridized carbons (Fsp3) is 0.800. The maximum Gasteiger partial charge on any atom is 0.241 e. The highest BCUT2D eigenvalue weighted by Crippen LogP contribution is 2.20. The van der Waals surface area contributed by atoms with Crippen LogP contribution in [0.5, 0.6) is 0 Å². The zero-order valence-corrected chi connectivity index (χ0v) is 5.09. The van der Waals surface area contributed by atoms with Crippen LogP contribution in [0.25, 0.3) is 0 Å². The SMILES string of the molecule is C[C@@H]1[C@@H](C)C(=O)N1N. The molecule has 46 valence electrons. The zero-order chi connectivity index (χ0) is 6.31. The average Bonchev–Trinajstić information content (AvgIpc) is 1.83. The van der Waals surface area contributed by atoms with E-state index in [1.807, 2.05) is 13.8 Å². The van der Waals surface area contributed by atoms with E-state index in [2.05, 4.69) is 0 Å². The lowest BCUT2D eigenvalue weighted by Gasteiger charge is -2.39. The van der Waals surface area contributed by atoms with Gasteiger partial charge in [0.05, 0.1) is 12.0 Å². The number of β-lactam (4-membered cyclic amide) rings is 1.